The molecular formula is C18H21N3O4. The molecule has 1 aromatic heterocycles. The maximum atomic E-state index is 12.7. The van der Waals surface area contributed by atoms with Gasteiger partial charge in [-0.2, -0.15) is 0 Å². The summed E-state index contributed by atoms with van der Waals surface area (Å²) in [6.07, 6.45) is 4.80. The van der Waals surface area contributed by atoms with Gasteiger partial charge in [-0.15, -0.1) is 0 Å². The van der Waals surface area contributed by atoms with Gasteiger partial charge in [0.2, 0.25) is 5.91 Å². The van der Waals surface area contributed by atoms with Crippen LogP contribution in [0, 0.1) is 0 Å². The highest BCUT2D eigenvalue weighted by Crippen LogP contribution is 2.36. The molecule has 0 unspecified atom stereocenters. The molecule has 1 aliphatic rings. The van der Waals surface area contributed by atoms with Crippen LogP contribution >= 0.6 is 0 Å². The number of carbonyl (C=O) groups excluding carboxylic acids is 1. The van der Waals surface area contributed by atoms with E-state index in [1.807, 2.05) is 23.1 Å². The second-order valence-electron chi connectivity index (χ2n) is 5.89. The molecule has 1 saturated heterocycles. The highest BCUT2D eigenvalue weighted by atomic mass is 16.5. The van der Waals surface area contributed by atoms with E-state index in [2.05, 4.69) is 4.98 Å². The lowest BCUT2D eigenvalue weighted by molar-refractivity contribution is -0.132. The van der Waals surface area contributed by atoms with E-state index in [1.165, 1.54) is 10.8 Å². The van der Waals surface area contributed by atoms with Gasteiger partial charge in [0.25, 0.3) is 0 Å². The van der Waals surface area contributed by atoms with Crippen molar-refractivity contribution in [2.45, 2.75) is 25.4 Å². The molecule has 1 amide bonds. The molecule has 2 heterocycles. The van der Waals surface area contributed by atoms with Crippen LogP contribution < -0.4 is 15.2 Å². The normalized spacial score (nSPS) is 16.7. The summed E-state index contributed by atoms with van der Waals surface area (Å²) >= 11 is 0. The zero-order valence-electron chi connectivity index (χ0n) is 14.3. The van der Waals surface area contributed by atoms with Crippen molar-refractivity contribution in [3.05, 3.63) is 52.7 Å². The minimum absolute atomic E-state index is 0.00351. The third kappa shape index (κ3) is 3.50. The van der Waals surface area contributed by atoms with E-state index in [4.69, 9.17) is 9.47 Å². The molecule has 0 aliphatic carbocycles. The van der Waals surface area contributed by atoms with Crippen LogP contribution in [0.1, 0.15) is 24.4 Å². The molecule has 1 atom stereocenters. The largest absolute Gasteiger partial charge is 0.493 e. The van der Waals surface area contributed by atoms with Crippen molar-refractivity contribution in [2.24, 2.45) is 0 Å². The number of aromatic nitrogens is 2. The third-order valence-corrected chi connectivity index (χ3v) is 4.45. The lowest BCUT2D eigenvalue weighted by atomic mass is 10.0. The Kier molecular flexibility index (Phi) is 5.02. The Hall–Kier alpha value is -2.83. The lowest BCUT2D eigenvalue weighted by Crippen LogP contribution is -2.36. The predicted octanol–water partition coefficient (Wildman–Crippen LogP) is 1.62. The Morgan fingerprint density at radius 3 is 2.80 bits per heavy atom. The number of methoxy groups -OCH3 is 2. The summed E-state index contributed by atoms with van der Waals surface area (Å²) in [5, 5.41) is 0. The maximum Gasteiger partial charge on any atom is 0.347 e. The first-order valence-electron chi connectivity index (χ1n) is 8.17. The van der Waals surface area contributed by atoms with Crippen molar-refractivity contribution >= 4 is 5.91 Å². The van der Waals surface area contributed by atoms with Crippen LogP contribution in [-0.4, -0.2) is 41.1 Å². The maximum absolute atomic E-state index is 12.7. The third-order valence-electron chi connectivity index (χ3n) is 4.45. The van der Waals surface area contributed by atoms with E-state index in [1.54, 1.807) is 26.5 Å². The predicted molar refractivity (Wildman–Crippen MR) is 91.7 cm³/mol. The minimum Gasteiger partial charge on any atom is -0.493 e. The number of benzene rings is 1. The average molecular weight is 343 g/mol. The Morgan fingerprint density at radius 1 is 1.28 bits per heavy atom. The van der Waals surface area contributed by atoms with Gasteiger partial charge in [0.15, 0.2) is 11.5 Å². The summed E-state index contributed by atoms with van der Waals surface area (Å²) < 4.78 is 12.0. The fraction of sp³-hybridized carbons (Fsp3) is 0.389. The molecule has 25 heavy (non-hydrogen) atoms. The van der Waals surface area contributed by atoms with Crippen LogP contribution in [0.15, 0.2) is 41.5 Å². The standard InChI is InChI=1S/C18H21N3O4/c1-24-15-7-6-13(11-16(15)25-2)14-5-3-10-21(14)17(22)12-20-9-4-8-19-18(20)23/h4,6-9,11,14H,3,5,10,12H2,1-2H3/t14-/m1/s1. The van der Waals surface area contributed by atoms with Gasteiger partial charge in [0.05, 0.1) is 20.3 Å². The molecule has 0 radical (unpaired) electrons. The first kappa shape index (κ1) is 17.0. The topological polar surface area (TPSA) is 73.7 Å². The number of rotatable bonds is 5. The fourth-order valence-electron chi connectivity index (χ4n) is 3.22. The van der Waals surface area contributed by atoms with Crippen LogP contribution in [0.3, 0.4) is 0 Å². The molecule has 0 N–H and O–H groups in total. The molecule has 132 valence electrons. The first-order chi connectivity index (χ1) is 12.1. The van der Waals surface area contributed by atoms with Gasteiger partial charge < -0.3 is 14.4 Å². The highest BCUT2D eigenvalue weighted by Gasteiger charge is 2.30. The molecular weight excluding hydrogens is 322 g/mol. The van der Waals surface area contributed by atoms with Crippen LogP contribution in [0.5, 0.6) is 11.5 Å². The monoisotopic (exact) mass is 343 g/mol. The quantitative estimate of drug-likeness (QED) is 0.825. The van der Waals surface area contributed by atoms with Gasteiger partial charge in [0, 0.05) is 18.9 Å². The molecule has 0 saturated carbocycles. The van der Waals surface area contributed by atoms with Crippen molar-refractivity contribution in [1.29, 1.82) is 0 Å². The second-order valence-corrected chi connectivity index (χ2v) is 5.89. The molecule has 0 spiro atoms. The Balaban J connectivity index is 1.82. The van der Waals surface area contributed by atoms with Crippen molar-refractivity contribution < 1.29 is 14.3 Å². The van der Waals surface area contributed by atoms with Crippen LogP contribution in [0.4, 0.5) is 0 Å². The number of hydrogen-bond acceptors (Lipinski definition) is 5. The number of carbonyl (C=O) groups is 1. The zero-order chi connectivity index (χ0) is 17.8. The fourth-order valence-corrected chi connectivity index (χ4v) is 3.22. The number of amides is 1. The summed E-state index contributed by atoms with van der Waals surface area (Å²) in [6.45, 7) is 0.670. The molecule has 7 nitrogen and oxygen atoms in total. The van der Waals surface area contributed by atoms with Gasteiger partial charge in [0.1, 0.15) is 6.54 Å². The van der Waals surface area contributed by atoms with Crippen molar-refractivity contribution in [2.75, 3.05) is 20.8 Å². The second kappa shape index (κ2) is 7.38. The summed E-state index contributed by atoms with van der Waals surface area (Å²) in [4.78, 5) is 29.9. The van der Waals surface area contributed by atoms with E-state index in [0.29, 0.717) is 18.0 Å². The summed E-state index contributed by atoms with van der Waals surface area (Å²) in [6, 6.07) is 7.32. The zero-order valence-corrected chi connectivity index (χ0v) is 14.3. The SMILES string of the molecule is COc1ccc([C@H]2CCCN2C(=O)Cn2cccnc2=O)cc1OC. The number of nitrogens with zero attached hydrogens (tertiary/aromatic N) is 3. The Morgan fingerprint density at radius 2 is 2.08 bits per heavy atom. The lowest BCUT2D eigenvalue weighted by Gasteiger charge is -2.26. The van der Waals surface area contributed by atoms with E-state index in [9.17, 15) is 9.59 Å². The van der Waals surface area contributed by atoms with Gasteiger partial charge >= 0.3 is 5.69 Å². The number of likely N-dealkylation sites (tertiary alicyclic amines) is 1. The van der Waals surface area contributed by atoms with E-state index in [0.717, 1.165) is 18.4 Å². The molecule has 1 aliphatic heterocycles. The van der Waals surface area contributed by atoms with Crippen LogP contribution in [0.25, 0.3) is 0 Å². The minimum atomic E-state index is -0.419. The molecule has 3 rings (SSSR count). The molecule has 1 fully saturated rings. The Labute approximate surface area is 145 Å². The smallest absolute Gasteiger partial charge is 0.347 e. The summed E-state index contributed by atoms with van der Waals surface area (Å²) in [7, 11) is 3.18. The average Bonchev–Trinajstić information content (AvgIpc) is 3.13. The van der Waals surface area contributed by atoms with Crippen molar-refractivity contribution in [3.63, 3.8) is 0 Å². The van der Waals surface area contributed by atoms with Gasteiger partial charge in [-0.3, -0.25) is 9.36 Å². The van der Waals surface area contributed by atoms with Crippen LogP contribution in [-0.2, 0) is 11.3 Å². The highest BCUT2D eigenvalue weighted by molar-refractivity contribution is 5.77. The van der Waals surface area contributed by atoms with Gasteiger partial charge in [-0.1, -0.05) is 6.07 Å². The number of ether oxygens (including phenoxy) is 2. The summed E-state index contributed by atoms with van der Waals surface area (Å²) in [5.74, 6) is 1.21. The number of hydrogen-bond donors (Lipinski definition) is 0. The van der Waals surface area contributed by atoms with E-state index >= 15 is 0 Å². The Bertz CT molecular complexity index is 818. The molecule has 2 aromatic rings. The first-order valence-corrected chi connectivity index (χ1v) is 8.17. The van der Waals surface area contributed by atoms with E-state index in [-0.39, 0.29) is 18.5 Å². The van der Waals surface area contributed by atoms with E-state index < -0.39 is 5.69 Å². The molecule has 7 heteroatoms. The molecule has 1 aromatic carbocycles. The van der Waals surface area contributed by atoms with Crippen molar-refractivity contribution in [1.82, 2.24) is 14.5 Å². The van der Waals surface area contributed by atoms with Crippen molar-refractivity contribution in [3.8, 4) is 11.5 Å². The van der Waals surface area contributed by atoms with Gasteiger partial charge in [-0.25, -0.2) is 9.78 Å². The molecule has 0 bridgehead atoms. The van der Waals surface area contributed by atoms with Crippen LogP contribution in [0.2, 0.25) is 0 Å². The summed E-state index contributed by atoms with van der Waals surface area (Å²) in [5.41, 5.74) is 0.583. The van der Waals surface area contributed by atoms with Gasteiger partial charge in [-0.05, 0) is 36.6 Å².